The Morgan fingerprint density at radius 2 is 2.05 bits per heavy atom. The summed E-state index contributed by atoms with van der Waals surface area (Å²) in [7, 11) is 5.34. The molecule has 2 aromatic rings. The molecule has 0 radical (unpaired) electrons. The summed E-state index contributed by atoms with van der Waals surface area (Å²) in [6.07, 6.45) is 1.70. The molecule has 0 fully saturated rings. The SMILES string of the molecule is COC(=O)c1sc(N/N=C/c2ccc(N(C)C)cc2)nc1C. The first-order chi connectivity index (χ1) is 10.5. The summed E-state index contributed by atoms with van der Waals surface area (Å²) in [6.45, 7) is 1.76. The van der Waals surface area contributed by atoms with Crippen LogP contribution in [0.25, 0.3) is 0 Å². The quantitative estimate of drug-likeness (QED) is 0.521. The van der Waals surface area contributed by atoms with E-state index in [2.05, 4.69) is 15.5 Å². The summed E-state index contributed by atoms with van der Waals surface area (Å²) in [4.78, 5) is 18.3. The molecule has 1 heterocycles. The van der Waals surface area contributed by atoms with Crippen LogP contribution in [0.4, 0.5) is 10.8 Å². The molecule has 1 N–H and O–H groups in total. The van der Waals surface area contributed by atoms with Crippen molar-refractivity contribution in [3.63, 3.8) is 0 Å². The number of benzene rings is 1. The topological polar surface area (TPSA) is 66.8 Å². The number of carbonyl (C=O) groups is 1. The third-order valence-electron chi connectivity index (χ3n) is 2.95. The first kappa shape index (κ1) is 16.0. The van der Waals surface area contributed by atoms with Crippen LogP contribution in [0.2, 0.25) is 0 Å². The molecular weight excluding hydrogens is 300 g/mol. The van der Waals surface area contributed by atoms with Gasteiger partial charge in [-0.1, -0.05) is 23.5 Å². The summed E-state index contributed by atoms with van der Waals surface area (Å²) in [6, 6.07) is 8.00. The molecule has 0 saturated carbocycles. The molecule has 0 aliphatic carbocycles. The Balaban J connectivity index is 2.02. The zero-order valence-electron chi connectivity index (χ0n) is 13.0. The van der Waals surface area contributed by atoms with Gasteiger partial charge >= 0.3 is 5.97 Å². The number of methoxy groups -OCH3 is 1. The number of ether oxygens (including phenoxy) is 1. The van der Waals surface area contributed by atoms with Crippen molar-refractivity contribution < 1.29 is 9.53 Å². The number of thiazole rings is 1. The summed E-state index contributed by atoms with van der Waals surface area (Å²) < 4.78 is 4.70. The summed E-state index contributed by atoms with van der Waals surface area (Å²) >= 11 is 1.22. The number of aromatic nitrogens is 1. The van der Waals surface area contributed by atoms with E-state index in [4.69, 9.17) is 4.74 Å². The number of hydrazone groups is 1. The highest BCUT2D eigenvalue weighted by molar-refractivity contribution is 7.17. The molecule has 7 heteroatoms. The molecule has 0 amide bonds. The van der Waals surface area contributed by atoms with Crippen molar-refractivity contribution in [3.8, 4) is 0 Å². The normalized spacial score (nSPS) is 10.7. The summed E-state index contributed by atoms with van der Waals surface area (Å²) in [5, 5.41) is 4.69. The Morgan fingerprint density at radius 3 is 2.64 bits per heavy atom. The van der Waals surface area contributed by atoms with Gasteiger partial charge in [-0.2, -0.15) is 5.10 Å². The van der Waals surface area contributed by atoms with Gasteiger partial charge in [0.2, 0.25) is 5.13 Å². The van der Waals surface area contributed by atoms with Gasteiger partial charge in [-0.25, -0.2) is 9.78 Å². The number of carbonyl (C=O) groups excluding carboxylic acids is 1. The standard InChI is InChI=1S/C15H18N4O2S/c1-10-13(14(20)21-4)22-15(17-10)18-16-9-11-5-7-12(8-6-11)19(2)3/h5-9H,1-4H3,(H,17,18)/b16-9+. The molecule has 116 valence electrons. The Hall–Kier alpha value is -2.41. The number of aryl methyl sites for hydroxylation is 1. The van der Waals surface area contributed by atoms with Crippen molar-refractivity contribution in [1.29, 1.82) is 0 Å². The van der Waals surface area contributed by atoms with E-state index in [0.29, 0.717) is 15.7 Å². The van der Waals surface area contributed by atoms with Crippen molar-refractivity contribution in [2.45, 2.75) is 6.92 Å². The van der Waals surface area contributed by atoms with E-state index in [1.54, 1.807) is 13.1 Å². The monoisotopic (exact) mass is 318 g/mol. The van der Waals surface area contributed by atoms with E-state index < -0.39 is 0 Å². The molecule has 0 bridgehead atoms. The van der Waals surface area contributed by atoms with Crippen molar-refractivity contribution in [2.75, 3.05) is 31.5 Å². The minimum Gasteiger partial charge on any atom is -0.465 e. The second kappa shape index (κ2) is 7.04. The second-order valence-electron chi connectivity index (χ2n) is 4.78. The van der Waals surface area contributed by atoms with E-state index in [1.807, 2.05) is 43.3 Å². The minimum atomic E-state index is -0.383. The number of rotatable bonds is 5. The van der Waals surface area contributed by atoms with Gasteiger partial charge in [0.15, 0.2) is 0 Å². The van der Waals surface area contributed by atoms with Crippen LogP contribution < -0.4 is 10.3 Å². The highest BCUT2D eigenvalue weighted by Crippen LogP contribution is 2.23. The largest absolute Gasteiger partial charge is 0.465 e. The fourth-order valence-corrected chi connectivity index (χ4v) is 2.58. The highest BCUT2D eigenvalue weighted by atomic mass is 32.1. The Bertz CT molecular complexity index is 677. The lowest BCUT2D eigenvalue weighted by Gasteiger charge is -2.11. The van der Waals surface area contributed by atoms with Crippen LogP contribution >= 0.6 is 11.3 Å². The molecule has 0 aliphatic rings. The molecule has 1 aromatic carbocycles. The van der Waals surface area contributed by atoms with Gasteiger partial charge in [0.25, 0.3) is 0 Å². The van der Waals surface area contributed by atoms with Gasteiger partial charge in [0.05, 0.1) is 19.0 Å². The summed E-state index contributed by atoms with van der Waals surface area (Å²) in [5.74, 6) is -0.383. The predicted octanol–water partition coefficient (Wildman–Crippen LogP) is 2.75. The fourth-order valence-electron chi connectivity index (χ4n) is 1.75. The maximum absolute atomic E-state index is 11.5. The Labute approximate surface area is 133 Å². The Kier molecular flexibility index (Phi) is 5.11. The zero-order valence-corrected chi connectivity index (χ0v) is 13.8. The second-order valence-corrected chi connectivity index (χ2v) is 5.78. The van der Waals surface area contributed by atoms with Gasteiger partial charge in [0.1, 0.15) is 4.88 Å². The molecule has 0 aliphatic heterocycles. The number of hydrogen-bond acceptors (Lipinski definition) is 7. The van der Waals surface area contributed by atoms with Crippen LogP contribution in [0.3, 0.4) is 0 Å². The smallest absolute Gasteiger partial charge is 0.350 e. The summed E-state index contributed by atoms with van der Waals surface area (Å²) in [5.41, 5.74) is 5.56. The van der Waals surface area contributed by atoms with Crippen LogP contribution in [-0.4, -0.2) is 38.4 Å². The lowest BCUT2D eigenvalue weighted by molar-refractivity contribution is 0.0605. The minimum absolute atomic E-state index is 0.383. The van der Waals surface area contributed by atoms with Gasteiger partial charge < -0.3 is 9.64 Å². The van der Waals surface area contributed by atoms with Crippen LogP contribution in [0, 0.1) is 6.92 Å². The van der Waals surface area contributed by atoms with Crippen LogP contribution in [0.1, 0.15) is 20.9 Å². The van der Waals surface area contributed by atoms with E-state index in [9.17, 15) is 4.79 Å². The van der Waals surface area contributed by atoms with Crippen LogP contribution in [0.5, 0.6) is 0 Å². The predicted molar refractivity (Wildman–Crippen MR) is 90.2 cm³/mol. The molecule has 22 heavy (non-hydrogen) atoms. The van der Waals surface area contributed by atoms with E-state index >= 15 is 0 Å². The van der Waals surface area contributed by atoms with Crippen LogP contribution in [-0.2, 0) is 4.74 Å². The number of esters is 1. The Morgan fingerprint density at radius 1 is 1.36 bits per heavy atom. The van der Waals surface area contributed by atoms with E-state index in [0.717, 1.165) is 11.3 Å². The number of nitrogens with zero attached hydrogens (tertiary/aromatic N) is 3. The number of nitrogens with one attached hydrogen (secondary N) is 1. The molecular formula is C15H18N4O2S. The van der Waals surface area contributed by atoms with Crippen molar-refractivity contribution in [1.82, 2.24) is 4.98 Å². The van der Waals surface area contributed by atoms with Crippen LogP contribution in [0.15, 0.2) is 29.4 Å². The average Bonchev–Trinajstić information content (AvgIpc) is 2.88. The average molecular weight is 318 g/mol. The van der Waals surface area contributed by atoms with Gasteiger partial charge in [0, 0.05) is 19.8 Å². The first-order valence-electron chi connectivity index (χ1n) is 6.63. The van der Waals surface area contributed by atoms with E-state index in [1.165, 1.54) is 18.4 Å². The number of anilines is 2. The van der Waals surface area contributed by atoms with Crippen molar-refractivity contribution >= 4 is 34.3 Å². The fraction of sp³-hybridized carbons (Fsp3) is 0.267. The number of hydrogen-bond donors (Lipinski definition) is 1. The van der Waals surface area contributed by atoms with E-state index in [-0.39, 0.29) is 5.97 Å². The molecule has 1 aromatic heterocycles. The lowest BCUT2D eigenvalue weighted by Crippen LogP contribution is -2.08. The molecule has 0 saturated heterocycles. The first-order valence-corrected chi connectivity index (χ1v) is 7.45. The highest BCUT2D eigenvalue weighted by Gasteiger charge is 2.15. The maximum atomic E-state index is 11.5. The zero-order chi connectivity index (χ0) is 16.1. The van der Waals surface area contributed by atoms with Crippen molar-refractivity contribution in [3.05, 3.63) is 40.4 Å². The maximum Gasteiger partial charge on any atom is 0.350 e. The molecule has 2 rings (SSSR count). The molecule has 0 atom stereocenters. The van der Waals surface area contributed by atoms with Crippen molar-refractivity contribution in [2.24, 2.45) is 5.10 Å². The molecule has 0 spiro atoms. The molecule has 0 unspecified atom stereocenters. The lowest BCUT2D eigenvalue weighted by atomic mass is 10.2. The molecule has 6 nitrogen and oxygen atoms in total. The van der Waals surface area contributed by atoms with Gasteiger partial charge in [-0.15, -0.1) is 0 Å². The van der Waals surface area contributed by atoms with Gasteiger partial charge in [-0.05, 0) is 24.6 Å². The third-order valence-corrected chi connectivity index (χ3v) is 3.99. The third kappa shape index (κ3) is 3.82. The van der Waals surface area contributed by atoms with Gasteiger partial charge in [-0.3, -0.25) is 5.43 Å².